The minimum absolute atomic E-state index is 0.0595. The van der Waals surface area contributed by atoms with Gasteiger partial charge < -0.3 is 15.2 Å². The average Bonchev–Trinajstić information content (AvgIpc) is 2.53. The Hall–Kier alpha value is -2.00. The summed E-state index contributed by atoms with van der Waals surface area (Å²) in [6, 6.07) is 16.2. The molecule has 2 rings (SSSR count). The first-order valence-electron chi connectivity index (χ1n) is 6.76. The van der Waals surface area contributed by atoms with E-state index >= 15 is 0 Å². The van der Waals surface area contributed by atoms with Gasteiger partial charge in [0.15, 0.2) is 11.5 Å². The van der Waals surface area contributed by atoms with Crippen molar-refractivity contribution in [1.29, 1.82) is 0 Å². The van der Waals surface area contributed by atoms with Crippen LogP contribution in [0.2, 0.25) is 0 Å². The Bertz CT molecular complexity index is 540. The van der Waals surface area contributed by atoms with Gasteiger partial charge in [-0.15, -0.1) is 0 Å². The Morgan fingerprint density at radius 1 is 0.950 bits per heavy atom. The lowest BCUT2D eigenvalue weighted by molar-refractivity contribution is 0.354. The van der Waals surface area contributed by atoms with Crippen molar-refractivity contribution >= 4 is 0 Å². The first-order chi connectivity index (χ1) is 9.74. The molecule has 2 aromatic rings. The summed E-state index contributed by atoms with van der Waals surface area (Å²) in [6.45, 7) is 0. The van der Waals surface area contributed by atoms with E-state index in [1.165, 1.54) is 11.1 Å². The van der Waals surface area contributed by atoms with Crippen LogP contribution in [-0.2, 0) is 6.42 Å². The van der Waals surface area contributed by atoms with Crippen molar-refractivity contribution in [1.82, 2.24) is 0 Å². The predicted octanol–water partition coefficient (Wildman–Crippen LogP) is 3.34. The van der Waals surface area contributed by atoms with Gasteiger partial charge in [-0.05, 0) is 36.1 Å². The molecule has 3 heteroatoms. The maximum atomic E-state index is 6.21. The molecule has 20 heavy (non-hydrogen) atoms. The second kappa shape index (κ2) is 6.96. The molecule has 2 aromatic carbocycles. The monoisotopic (exact) mass is 271 g/mol. The molecular weight excluding hydrogens is 250 g/mol. The van der Waals surface area contributed by atoms with Crippen molar-refractivity contribution < 1.29 is 9.47 Å². The lowest BCUT2D eigenvalue weighted by Gasteiger charge is -2.13. The Kier molecular flexibility index (Phi) is 5.02. The highest BCUT2D eigenvalue weighted by atomic mass is 16.5. The van der Waals surface area contributed by atoms with Crippen molar-refractivity contribution in [3.8, 4) is 11.5 Å². The van der Waals surface area contributed by atoms with Crippen molar-refractivity contribution in [2.75, 3.05) is 14.2 Å². The number of benzene rings is 2. The molecule has 3 nitrogen and oxygen atoms in total. The van der Waals surface area contributed by atoms with Gasteiger partial charge in [-0.3, -0.25) is 0 Å². The predicted molar refractivity (Wildman–Crippen MR) is 81.2 cm³/mol. The van der Waals surface area contributed by atoms with Crippen LogP contribution in [0, 0.1) is 0 Å². The Labute approximate surface area is 120 Å². The summed E-state index contributed by atoms with van der Waals surface area (Å²) in [5.74, 6) is 1.52. The van der Waals surface area contributed by atoms with Gasteiger partial charge in [-0.25, -0.2) is 0 Å². The van der Waals surface area contributed by atoms with Crippen LogP contribution in [0.15, 0.2) is 48.5 Å². The largest absolute Gasteiger partial charge is 0.493 e. The molecule has 106 valence electrons. The molecule has 0 aliphatic carbocycles. The van der Waals surface area contributed by atoms with Crippen molar-refractivity contribution in [2.24, 2.45) is 5.73 Å². The zero-order valence-electron chi connectivity index (χ0n) is 12.0. The summed E-state index contributed by atoms with van der Waals surface area (Å²) >= 11 is 0. The van der Waals surface area contributed by atoms with Crippen molar-refractivity contribution in [3.63, 3.8) is 0 Å². The number of aryl methyl sites for hydroxylation is 1. The average molecular weight is 271 g/mol. The maximum Gasteiger partial charge on any atom is 0.160 e. The fraction of sp³-hybridized carbons (Fsp3) is 0.294. The SMILES string of the molecule is COc1ccc(CC[C@@H](N)c2ccccc2)cc1OC. The van der Waals surface area contributed by atoms with Gasteiger partial charge >= 0.3 is 0 Å². The van der Waals surface area contributed by atoms with Gasteiger partial charge in [0, 0.05) is 6.04 Å². The van der Waals surface area contributed by atoms with E-state index in [4.69, 9.17) is 15.2 Å². The van der Waals surface area contributed by atoms with Crippen LogP contribution in [0.4, 0.5) is 0 Å². The molecule has 0 fully saturated rings. The molecule has 0 bridgehead atoms. The molecule has 1 atom stereocenters. The molecule has 0 amide bonds. The standard InChI is InChI=1S/C17H21NO2/c1-19-16-11-9-13(12-17(16)20-2)8-10-15(18)14-6-4-3-5-7-14/h3-7,9,11-12,15H,8,10,18H2,1-2H3/t15-/m1/s1. The molecule has 0 spiro atoms. The van der Waals surface area contributed by atoms with Crippen LogP contribution in [0.3, 0.4) is 0 Å². The summed E-state index contributed by atoms with van der Waals surface area (Å²) in [7, 11) is 3.29. The first kappa shape index (κ1) is 14.4. The van der Waals surface area contributed by atoms with Gasteiger partial charge in [0.2, 0.25) is 0 Å². The third-order valence-corrected chi connectivity index (χ3v) is 3.42. The molecule has 0 aliphatic rings. The van der Waals surface area contributed by atoms with E-state index in [0.717, 1.165) is 24.3 Å². The van der Waals surface area contributed by atoms with Crippen LogP contribution in [0.25, 0.3) is 0 Å². The summed E-state index contributed by atoms with van der Waals surface area (Å²) in [5, 5.41) is 0. The maximum absolute atomic E-state index is 6.21. The number of hydrogen-bond acceptors (Lipinski definition) is 3. The molecular formula is C17H21NO2. The van der Waals surface area contributed by atoms with Gasteiger partial charge in [0.25, 0.3) is 0 Å². The molecule has 0 saturated carbocycles. The second-order valence-electron chi connectivity index (χ2n) is 4.75. The van der Waals surface area contributed by atoms with E-state index in [9.17, 15) is 0 Å². The molecule has 2 N–H and O–H groups in total. The number of hydrogen-bond donors (Lipinski definition) is 1. The third-order valence-electron chi connectivity index (χ3n) is 3.42. The zero-order valence-corrected chi connectivity index (χ0v) is 12.0. The van der Waals surface area contributed by atoms with E-state index in [-0.39, 0.29) is 6.04 Å². The van der Waals surface area contributed by atoms with E-state index < -0.39 is 0 Å². The topological polar surface area (TPSA) is 44.5 Å². The minimum atomic E-state index is 0.0595. The van der Waals surface area contributed by atoms with E-state index in [2.05, 4.69) is 18.2 Å². The normalized spacial score (nSPS) is 11.9. The van der Waals surface area contributed by atoms with E-state index in [1.807, 2.05) is 30.3 Å². The summed E-state index contributed by atoms with van der Waals surface area (Å²) < 4.78 is 10.5. The van der Waals surface area contributed by atoms with Gasteiger partial charge in [-0.1, -0.05) is 36.4 Å². The molecule has 0 saturated heterocycles. The summed E-state index contributed by atoms with van der Waals surface area (Å²) in [5.41, 5.74) is 8.59. The zero-order chi connectivity index (χ0) is 14.4. The van der Waals surface area contributed by atoms with Crippen LogP contribution in [-0.4, -0.2) is 14.2 Å². The van der Waals surface area contributed by atoms with Gasteiger partial charge in [0.05, 0.1) is 14.2 Å². The highest BCUT2D eigenvalue weighted by Gasteiger charge is 2.08. The smallest absolute Gasteiger partial charge is 0.160 e. The van der Waals surface area contributed by atoms with Crippen molar-refractivity contribution in [2.45, 2.75) is 18.9 Å². The number of ether oxygens (including phenoxy) is 2. The van der Waals surface area contributed by atoms with Gasteiger partial charge in [0.1, 0.15) is 0 Å². The number of nitrogens with two attached hydrogens (primary N) is 1. The highest BCUT2D eigenvalue weighted by molar-refractivity contribution is 5.43. The lowest BCUT2D eigenvalue weighted by Crippen LogP contribution is -2.11. The fourth-order valence-electron chi connectivity index (χ4n) is 2.23. The van der Waals surface area contributed by atoms with Crippen LogP contribution in [0.5, 0.6) is 11.5 Å². The van der Waals surface area contributed by atoms with E-state index in [1.54, 1.807) is 14.2 Å². The molecule has 0 radical (unpaired) electrons. The van der Waals surface area contributed by atoms with E-state index in [0.29, 0.717) is 0 Å². The summed E-state index contributed by atoms with van der Waals surface area (Å²) in [6.07, 6.45) is 1.82. The van der Waals surface area contributed by atoms with Crippen molar-refractivity contribution in [3.05, 3.63) is 59.7 Å². The minimum Gasteiger partial charge on any atom is -0.493 e. The molecule has 0 aliphatic heterocycles. The molecule has 0 unspecified atom stereocenters. The highest BCUT2D eigenvalue weighted by Crippen LogP contribution is 2.28. The Morgan fingerprint density at radius 3 is 2.30 bits per heavy atom. The number of methoxy groups -OCH3 is 2. The molecule has 0 heterocycles. The fourth-order valence-corrected chi connectivity index (χ4v) is 2.23. The van der Waals surface area contributed by atoms with Crippen LogP contribution in [0.1, 0.15) is 23.6 Å². The third kappa shape index (κ3) is 3.52. The summed E-state index contributed by atoms with van der Waals surface area (Å²) in [4.78, 5) is 0. The number of rotatable bonds is 6. The second-order valence-corrected chi connectivity index (χ2v) is 4.75. The van der Waals surface area contributed by atoms with Crippen LogP contribution < -0.4 is 15.2 Å². The Balaban J connectivity index is 2.00. The molecule has 0 aromatic heterocycles. The first-order valence-corrected chi connectivity index (χ1v) is 6.76. The Morgan fingerprint density at radius 2 is 1.65 bits per heavy atom. The van der Waals surface area contributed by atoms with Gasteiger partial charge in [-0.2, -0.15) is 0 Å². The quantitative estimate of drug-likeness (QED) is 0.876. The lowest BCUT2D eigenvalue weighted by atomic mass is 9.99. The van der Waals surface area contributed by atoms with Crippen LogP contribution >= 0.6 is 0 Å².